The standard InChI is InChI=1S/C5H10FN/c1-2-3-5(7)4-6/h2-3,5H,4,7H2,1H3. The Balaban J connectivity index is 3.16. The Labute approximate surface area is 43.0 Å². The zero-order valence-electron chi connectivity index (χ0n) is 4.39. The number of allylic oxidation sites excluding steroid dienone is 1. The highest BCUT2D eigenvalue weighted by atomic mass is 19.1. The van der Waals surface area contributed by atoms with Crippen molar-refractivity contribution in [2.24, 2.45) is 5.73 Å². The summed E-state index contributed by atoms with van der Waals surface area (Å²) >= 11 is 0. The maximum absolute atomic E-state index is 11.4. The van der Waals surface area contributed by atoms with Crippen LogP contribution < -0.4 is 5.73 Å². The summed E-state index contributed by atoms with van der Waals surface area (Å²) in [6.07, 6.45) is 3.37. The van der Waals surface area contributed by atoms with Gasteiger partial charge in [-0.2, -0.15) is 0 Å². The molecule has 0 spiro atoms. The number of hydrogen-bond donors (Lipinski definition) is 1. The van der Waals surface area contributed by atoms with E-state index in [1.807, 2.05) is 6.92 Å². The average molecular weight is 103 g/mol. The molecule has 0 aliphatic carbocycles. The molecule has 0 radical (unpaired) electrons. The fraction of sp³-hybridized carbons (Fsp3) is 0.600. The van der Waals surface area contributed by atoms with Crippen LogP contribution in [-0.4, -0.2) is 12.7 Å². The quantitative estimate of drug-likeness (QED) is 0.515. The fourth-order valence-electron chi connectivity index (χ4n) is 0.299. The highest BCUT2D eigenvalue weighted by molar-refractivity contribution is 4.87. The molecule has 0 saturated carbocycles. The largest absolute Gasteiger partial charge is 0.322 e. The molecule has 0 aromatic rings. The maximum Gasteiger partial charge on any atom is 0.108 e. The minimum atomic E-state index is -0.468. The van der Waals surface area contributed by atoms with Crippen molar-refractivity contribution in [1.29, 1.82) is 0 Å². The molecule has 2 heteroatoms. The zero-order valence-corrected chi connectivity index (χ0v) is 4.39. The number of halogens is 1. The Morgan fingerprint density at radius 1 is 1.86 bits per heavy atom. The smallest absolute Gasteiger partial charge is 0.108 e. The number of alkyl halides is 1. The SMILES string of the molecule is CC=CC(N)CF. The molecule has 7 heavy (non-hydrogen) atoms. The summed E-state index contributed by atoms with van der Waals surface area (Å²) in [6, 6.07) is -0.398. The van der Waals surface area contributed by atoms with Gasteiger partial charge >= 0.3 is 0 Å². The number of nitrogens with two attached hydrogens (primary N) is 1. The van der Waals surface area contributed by atoms with E-state index in [2.05, 4.69) is 0 Å². The first kappa shape index (κ1) is 6.63. The third-order valence-electron chi connectivity index (χ3n) is 0.618. The van der Waals surface area contributed by atoms with Gasteiger partial charge in [0.1, 0.15) is 6.67 Å². The Hall–Kier alpha value is -0.370. The second kappa shape index (κ2) is 3.81. The molecule has 0 aliphatic heterocycles. The molecule has 0 fully saturated rings. The Bertz CT molecular complexity index is 61.1. The van der Waals surface area contributed by atoms with E-state index < -0.39 is 12.7 Å². The zero-order chi connectivity index (χ0) is 5.70. The van der Waals surface area contributed by atoms with Crippen molar-refractivity contribution in [2.75, 3.05) is 6.67 Å². The van der Waals surface area contributed by atoms with Gasteiger partial charge in [-0.3, -0.25) is 0 Å². The van der Waals surface area contributed by atoms with E-state index in [1.54, 1.807) is 12.2 Å². The molecule has 2 N–H and O–H groups in total. The molecule has 0 saturated heterocycles. The molecule has 0 rings (SSSR count). The molecule has 42 valence electrons. The lowest BCUT2D eigenvalue weighted by atomic mass is 10.3. The van der Waals surface area contributed by atoms with E-state index in [1.165, 1.54) is 0 Å². The van der Waals surface area contributed by atoms with Gasteiger partial charge in [-0.1, -0.05) is 12.2 Å². The summed E-state index contributed by atoms with van der Waals surface area (Å²) < 4.78 is 11.4. The van der Waals surface area contributed by atoms with Crippen molar-refractivity contribution in [2.45, 2.75) is 13.0 Å². The molecule has 0 aliphatic rings. The highest BCUT2D eigenvalue weighted by Gasteiger charge is 1.89. The van der Waals surface area contributed by atoms with Crippen LogP contribution in [0.3, 0.4) is 0 Å². The van der Waals surface area contributed by atoms with E-state index in [-0.39, 0.29) is 0 Å². The van der Waals surface area contributed by atoms with Crippen LogP contribution in [-0.2, 0) is 0 Å². The van der Waals surface area contributed by atoms with Crippen LogP contribution in [0.25, 0.3) is 0 Å². The average Bonchev–Trinajstić information content (AvgIpc) is 1.68. The van der Waals surface area contributed by atoms with Gasteiger partial charge < -0.3 is 5.73 Å². The first-order valence-corrected chi connectivity index (χ1v) is 2.25. The predicted octanol–water partition coefficient (Wildman–Crippen LogP) is 0.859. The van der Waals surface area contributed by atoms with Gasteiger partial charge in [-0.05, 0) is 6.92 Å². The van der Waals surface area contributed by atoms with Crippen molar-refractivity contribution < 1.29 is 4.39 Å². The van der Waals surface area contributed by atoms with Crippen LogP contribution >= 0.6 is 0 Å². The molecule has 0 aromatic carbocycles. The number of hydrogen-bond acceptors (Lipinski definition) is 1. The lowest BCUT2D eigenvalue weighted by molar-refractivity contribution is 0.465. The van der Waals surface area contributed by atoms with Crippen LogP contribution in [0.4, 0.5) is 4.39 Å². The van der Waals surface area contributed by atoms with Gasteiger partial charge in [0.15, 0.2) is 0 Å². The summed E-state index contributed by atoms with van der Waals surface area (Å²) in [7, 11) is 0. The monoisotopic (exact) mass is 103 g/mol. The predicted molar refractivity (Wildman–Crippen MR) is 28.8 cm³/mol. The van der Waals surface area contributed by atoms with Crippen molar-refractivity contribution in [3.8, 4) is 0 Å². The Morgan fingerprint density at radius 2 is 2.43 bits per heavy atom. The summed E-state index contributed by atoms with van der Waals surface area (Å²) in [4.78, 5) is 0. The van der Waals surface area contributed by atoms with E-state index >= 15 is 0 Å². The van der Waals surface area contributed by atoms with Crippen LogP contribution in [0.15, 0.2) is 12.2 Å². The van der Waals surface area contributed by atoms with Gasteiger partial charge in [0.25, 0.3) is 0 Å². The van der Waals surface area contributed by atoms with Crippen LogP contribution in [0.1, 0.15) is 6.92 Å². The first-order chi connectivity index (χ1) is 3.31. The maximum atomic E-state index is 11.4. The lowest BCUT2D eigenvalue weighted by Crippen LogP contribution is -2.18. The van der Waals surface area contributed by atoms with E-state index in [9.17, 15) is 4.39 Å². The lowest BCUT2D eigenvalue weighted by Gasteiger charge is -1.93. The van der Waals surface area contributed by atoms with E-state index in [0.717, 1.165) is 0 Å². The van der Waals surface area contributed by atoms with Crippen LogP contribution in [0, 0.1) is 0 Å². The molecule has 0 bridgehead atoms. The van der Waals surface area contributed by atoms with Crippen LogP contribution in [0.2, 0.25) is 0 Å². The van der Waals surface area contributed by atoms with Gasteiger partial charge in [0.2, 0.25) is 0 Å². The topological polar surface area (TPSA) is 26.0 Å². The molecule has 1 unspecified atom stereocenters. The van der Waals surface area contributed by atoms with Crippen molar-refractivity contribution in [1.82, 2.24) is 0 Å². The van der Waals surface area contributed by atoms with Crippen molar-refractivity contribution >= 4 is 0 Å². The second-order valence-electron chi connectivity index (χ2n) is 1.34. The molecular formula is C5H10FN. The van der Waals surface area contributed by atoms with Gasteiger partial charge in [0.05, 0.1) is 6.04 Å². The normalized spacial score (nSPS) is 15.3. The fourth-order valence-corrected chi connectivity index (χ4v) is 0.299. The van der Waals surface area contributed by atoms with Crippen molar-refractivity contribution in [3.05, 3.63) is 12.2 Å². The highest BCUT2D eigenvalue weighted by Crippen LogP contribution is 1.80. The molecule has 1 nitrogen and oxygen atoms in total. The van der Waals surface area contributed by atoms with E-state index in [4.69, 9.17) is 5.73 Å². The van der Waals surface area contributed by atoms with Crippen LogP contribution in [0.5, 0.6) is 0 Å². The summed E-state index contributed by atoms with van der Waals surface area (Å²) in [5.41, 5.74) is 5.12. The molecule has 0 heterocycles. The summed E-state index contributed by atoms with van der Waals surface area (Å²) in [5.74, 6) is 0. The number of rotatable bonds is 2. The molecule has 0 aromatic heterocycles. The second-order valence-corrected chi connectivity index (χ2v) is 1.34. The Kier molecular flexibility index (Phi) is 3.61. The Morgan fingerprint density at radius 3 is 2.57 bits per heavy atom. The first-order valence-electron chi connectivity index (χ1n) is 2.25. The van der Waals surface area contributed by atoms with Gasteiger partial charge in [-0.25, -0.2) is 4.39 Å². The minimum Gasteiger partial charge on any atom is -0.322 e. The minimum absolute atomic E-state index is 0.398. The molecule has 1 atom stereocenters. The van der Waals surface area contributed by atoms with Gasteiger partial charge in [-0.15, -0.1) is 0 Å². The molecular weight excluding hydrogens is 93.1 g/mol. The summed E-state index contributed by atoms with van der Waals surface area (Å²) in [5, 5.41) is 0. The third kappa shape index (κ3) is 3.46. The summed E-state index contributed by atoms with van der Waals surface area (Å²) in [6.45, 7) is 1.35. The van der Waals surface area contributed by atoms with E-state index in [0.29, 0.717) is 0 Å². The molecule has 0 amide bonds. The van der Waals surface area contributed by atoms with Gasteiger partial charge in [0, 0.05) is 0 Å². The van der Waals surface area contributed by atoms with Crippen molar-refractivity contribution in [3.63, 3.8) is 0 Å². The third-order valence-corrected chi connectivity index (χ3v) is 0.618.